The SMILES string of the molecule is Cc1cccc(C)c1-n1c(-c2ccccc2)cnc1SC(C)C(=O)Nc1c(C)nn(C)c1C. The summed E-state index contributed by atoms with van der Waals surface area (Å²) in [5.74, 6) is -0.0727. The van der Waals surface area contributed by atoms with Crippen molar-refractivity contribution in [3.8, 4) is 16.9 Å². The van der Waals surface area contributed by atoms with Gasteiger partial charge in [0.05, 0.1) is 39.9 Å². The predicted octanol–water partition coefficient (Wildman–Crippen LogP) is 5.63. The Bertz CT molecular complexity index is 1290. The zero-order chi connectivity index (χ0) is 23.7. The van der Waals surface area contributed by atoms with E-state index >= 15 is 0 Å². The maximum Gasteiger partial charge on any atom is 0.237 e. The molecular weight excluding hydrogens is 430 g/mol. The Morgan fingerprint density at radius 2 is 1.67 bits per heavy atom. The molecule has 1 atom stereocenters. The van der Waals surface area contributed by atoms with Crippen LogP contribution in [0.2, 0.25) is 0 Å². The molecule has 0 saturated carbocycles. The van der Waals surface area contributed by atoms with Gasteiger partial charge in [-0.15, -0.1) is 0 Å². The van der Waals surface area contributed by atoms with Gasteiger partial charge in [-0.3, -0.25) is 14.0 Å². The highest BCUT2D eigenvalue weighted by Crippen LogP contribution is 2.34. The largest absolute Gasteiger partial charge is 0.322 e. The van der Waals surface area contributed by atoms with Crippen molar-refractivity contribution in [2.45, 2.75) is 45.0 Å². The molecule has 4 aromatic rings. The van der Waals surface area contributed by atoms with E-state index in [1.165, 1.54) is 11.8 Å². The predicted molar refractivity (Wildman–Crippen MR) is 135 cm³/mol. The summed E-state index contributed by atoms with van der Waals surface area (Å²) in [6.45, 7) is 9.98. The average Bonchev–Trinajstić information content (AvgIpc) is 3.30. The fourth-order valence-electron chi connectivity index (χ4n) is 4.00. The number of nitrogens with one attached hydrogen (secondary N) is 1. The van der Waals surface area contributed by atoms with Gasteiger partial charge < -0.3 is 5.32 Å². The molecule has 0 aliphatic heterocycles. The Balaban J connectivity index is 1.71. The first-order chi connectivity index (χ1) is 15.8. The molecule has 0 fully saturated rings. The van der Waals surface area contributed by atoms with E-state index in [0.717, 1.165) is 50.3 Å². The Kier molecular flexibility index (Phi) is 6.42. The lowest BCUT2D eigenvalue weighted by Gasteiger charge is -2.18. The first-order valence-corrected chi connectivity index (χ1v) is 11.8. The van der Waals surface area contributed by atoms with Crippen LogP contribution in [0.15, 0.2) is 59.9 Å². The van der Waals surface area contributed by atoms with Crippen LogP contribution in [0.1, 0.15) is 29.4 Å². The molecule has 2 heterocycles. The number of carbonyl (C=O) groups is 1. The summed E-state index contributed by atoms with van der Waals surface area (Å²) in [6.07, 6.45) is 1.89. The molecule has 1 N–H and O–H groups in total. The number of aryl methyl sites for hydroxylation is 4. The molecule has 0 saturated heterocycles. The van der Waals surface area contributed by atoms with Crippen molar-refractivity contribution >= 4 is 23.4 Å². The molecular formula is C26H29N5OS. The molecule has 0 spiro atoms. The molecule has 33 heavy (non-hydrogen) atoms. The molecule has 4 rings (SSSR count). The van der Waals surface area contributed by atoms with E-state index in [2.05, 4.69) is 59.2 Å². The number of thioether (sulfide) groups is 1. The summed E-state index contributed by atoms with van der Waals surface area (Å²) >= 11 is 1.46. The number of para-hydroxylation sites is 1. The summed E-state index contributed by atoms with van der Waals surface area (Å²) in [6, 6.07) is 16.5. The standard InChI is InChI=1S/C26H29N5OS/c1-16-11-10-12-17(2)24(16)31-22(21-13-8-7-9-14-21)15-27-26(31)33-20(5)25(32)28-23-18(3)29-30(6)19(23)4/h7-15,20H,1-6H3,(H,28,32). The minimum atomic E-state index is -0.349. The van der Waals surface area contributed by atoms with E-state index in [9.17, 15) is 4.79 Å². The molecule has 170 valence electrons. The molecule has 0 aliphatic carbocycles. The van der Waals surface area contributed by atoms with Crippen LogP contribution in [-0.2, 0) is 11.8 Å². The third kappa shape index (κ3) is 4.46. The van der Waals surface area contributed by atoms with Crippen molar-refractivity contribution in [2.75, 3.05) is 5.32 Å². The van der Waals surface area contributed by atoms with Gasteiger partial charge in [0.15, 0.2) is 5.16 Å². The molecule has 0 aliphatic rings. The fraction of sp³-hybridized carbons (Fsp3) is 0.269. The van der Waals surface area contributed by atoms with Crippen LogP contribution in [0.5, 0.6) is 0 Å². The molecule has 2 aromatic heterocycles. The minimum Gasteiger partial charge on any atom is -0.322 e. The Hall–Kier alpha value is -3.32. The fourth-order valence-corrected chi connectivity index (χ4v) is 4.89. The van der Waals surface area contributed by atoms with Gasteiger partial charge in [-0.05, 0) is 45.7 Å². The van der Waals surface area contributed by atoms with Gasteiger partial charge >= 0.3 is 0 Å². The number of rotatable bonds is 6. The number of nitrogens with zero attached hydrogens (tertiary/aromatic N) is 4. The number of anilines is 1. The van der Waals surface area contributed by atoms with E-state index in [-0.39, 0.29) is 11.2 Å². The van der Waals surface area contributed by atoms with Gasteiger partial charge in [0, 0.05) is 12.6 Å². The van der Waals surface area contributed by atoms with Crippen LogP contribution in [0.4, 0.5) is 5.69 Å². The highest BCUT2D eigenvalue weighted by atomic mass is 32.2. The third-order valence-corrected chi connectivity index (χ3v) is 6.94. The number of aromatic nitrogens is 4. The van der Waals surface area contributed by atoms with Gasteiger partial charge in [-0.25, -0.2) is 4.98 Å². The third-order valence-electron chi connectivity index (χ3n) is 5.87. The van der Waals surface area contributed by atoms with Crippen molar-refractivity contribution in [1.82, 2.24) is 19.3 Å². The molecule has 2 aromatic carbocycles. The van der Waals surface area contributed by atoms with E-state index in [4.69, 9.17) is 4.98 Å². The number of hydrogen-bond acceptors (Lipinski definition) is 4. The van der Waals surface area contributed by atoms with Crippen LogP contribution in [0.25, 0.3) is 16.9 Å². The summed E-state index contributed by atoms with van der Waals surface area (Å²) in [7, 11) is 1.88. The number of hydrogen-bond donors (Lipinski definition) is 1. The molecule has 0 bridgehead atoms. The second kappa shape index (κ2) is 9.27. The van der Waals surface area contributed by atoms with Gasteiger partial charge in [-0.1, -0.05) is 60.3 Å². The molecule has 0 radical (unpaired) electrons. The minimum absolute atomic E-state index is 0.0727. The van der Waals surface area contributed by atoms with Crippen LogP contribution >= 0.6 is 11.8 Å². The molecule has 1 amide bonds. The molecule has 7 heteroatoms. The Morgan fingerprint density at radius 3 is 2.27 bits per heavy atom. The van der Waals surface area contributed by atoms with Crippen LogP contribution < -0.4 is 5.32 Å². The zero-order valence-electron chi connectivity index (χ0n) is 19.9. The second-order valence-electron chi connectivity index (χ2n) is 8.29. The summed E-state index contributed by atoms with van der Waals surface area (Å²) in [5, 5.41) is 7.89. The average molecular weight is 460 g/mol. The zero-order valence-corrected chi connectivity index (χ0v) is 20.7. The first kappa shape index (κ1) is 22.9. The topological polar surface area (TPSA) is 64.7 Å². The van der Waals surface area contributed by atoms with E-state index in [0.29, 0.717) is 0 Å². The van der Waals surface area contributed by atoms with Crippen LogP contribution in [0, 0.1) is 27.7 Å². The number of benzene rings is 2. The van der Waals surface area contributed by atoms with Crippen molar-refractivity contribution in [1.29, 1.82) is 0 Å². The molecule has 6 nitrogen and oxygen atoms in total. The summed E-state index contributed by atoms with van der Waals surface area (Å²) in [4.78, 5) is 17.8. The van der Waals surface area contributed by atoms with Crippen molar-refractivity contribution in [3.63, 3.8) is 0 Å². The van der Waals surface area contributed by atoms with Gasteiger partial charge in [-0.2, -0.15) is 5.10 Å². The van der Waals surface area contributed by atoms with Crippen LogP contribution in [-0.4, -0.2) is 30.5 Å². The first-order valence-electron chi connectivity index (χ1n) is 11.0. The maximum absolute atomic E-state index is 13.1. The van der Waals surface area contributed by atoms with Crippen molar-refractivity contribution in [3.05, 3.63) is 77.2 Å². The summed E-state index contributed by atoms with van der Waals surface area (Å²) in [5.41, 5.74) is 8.02. The van der Waals surface area contributed by atoms with Crippen LogP contribution in [0.3, 0.4) is 0 Å². The smallest absolute Gasteiger partial charge is 0.237 e. The van der Waals surface area contributed by atoms with Gasteiger partial charge in [0.2, 0.25) is 5.91 Å². The Labute approximate surface area is 199 Å². The lowest BCUT2D eigenvalue weighted by Crippen LogP contribution is -2.23. The quantitative estimate of drug-likeness (QED) is 0.380. The Morgan fingerprint density at radius 1 is 1.00 bits per heavy atom. The van der Waals surface area contributed by atoms with Crippen molar-refractivity contribution in [2.24, 2.45) is 7.05 Å². The highest BCUT2D eigenvalue weighted by molar-refractivity contribution is 8.00. The lowest BCUT2D eigenvalue weighted by atomic mass is 10.1. The monoisotopic (exact) mass is 459 g/mol. The lowest BCUT2D eigenvalue weighted by molar-refractivity contribution is -0.115. The second-order valence-corrected chi connectivity index (χ2v) is 9.59. The maximum atomic E-state index is 13.1. The molecule has 1 unspecified atom stereocenters. The van der Waals surface area contributed by atoms with Gasteiger partial charge in [0.1, 0.15) is 0 Å². The number of amides is 1. The summed E-state index contributed by atoms with van der Waals surface area (Å²) < 4.78 is 3.96. The van der Waals surface area contributed by atoms with E-state index in [1.807, 2.05) is 52.2 Å². The number of carbonyl (C=O) groups excluding carboxylic acids is 1. The normalized spacial score (nSPS) is 12.1. The van der Waals surface area contributed by atoms with E-state index in [1.54, 1.807) is 4.68 Å². The van der Waals surface area contributed by atoms with E-state index < -0.39 is 0 Å². The highest BCUT2D eigenvalue weighted by Gasteiger charge is 2.23. The number of imidazole rings is 1. The van der Waals surface area contributed by atoms with Crippen molar-refractivity contribution < 1.29 is 4.79 Å². The van der Waals surface area contributed by atoms with Gasteiger partial charge in [0.25, 0.3) is 0 Å².